The van der Waals surface area contributed by atoms with Crippen molar-refractivity contribution in [3.8, 4) is 0 Å². The van der Waals surface area contributed by atoms with Gasteiger partial charge >= 0.3 is 0 Å². The zero-order valence-corrected chi connectivity index (χ0v) is 13.7. The van der Waals surface area contributed by atoms with Gasteiger partial charge in [0, 0.05) is 18.0 Å². The number of pyridine rings is 1. The van der Waals surface area contributed by atoms with Gasteiger partial charge in [-0.2, -0.15) is 0 Å². The van der Waals surface area contributed by atoms with Gasteiger partial charge in [-0.15, -0.1) is 11.8 Å². The molecule has 2 aromatic heterocycles. The highest BCUT2D eigenvalue weighted by Crippen LogP contribution is 2.28. The van der Waals surface area contributed by atoms with E-state index >= 15 is 0 Å². The Morgan fingerprint density at radius 1 is 1.30 bits per heavy atom. The maximum atomic E-state index is 4.78. The summed E-state index contributed by atoms with van der Waals surface area (Å²) >= 11 is 1.88. The molecule has 2 aromatic rings. The Balaban J connectivity index is 2.24. The van der Waals surface area contributed by atoms with Gasteiger partial charge < -0.3 is 9.72 Å². The molecule has 0 spiro atoms. The SMILES string of the molecule is CCC(C)Sc1nc2ccccn2c1CNCC(C)C. The van der Waals surface area contributed by atoms with Crippen molar-refractivity contribution in [1.29, 1.82) is 0 Å². The summed E-state index contributed by atoms with van der Waals surface area (Å²) in [6.07, 6.45) is 3.27. The first-order valence-electron chi connectivity index (χ1n) is 7.45. The topological polar surface area (TPSA) is 29.3 Å². The van der Waals surface area contributed by atoms with Crippen molar-refractivity contribution in [2.24, 2.45) is 5.92 Å². The lowest BCUT2D eigenvalue weighted by atomic mass is 10.2. The molecule has 0 bridgehead atoms. The van der Waals surface area contributed by atoms with E-state index < -0.39 is 0 Å². The molecule has 0 fully saturated rings. The molecule has 0 aromatic carbocycles. The Labute approximate surface area is 126 Å². The van der Waals surface area contributed by atoms with E-state index in [1.54, 1.807) is 0 Å². The van der Waals surface area contributed by atoms with Crippen LogP contribution >= 0.6 is 11.8 Å². The minimum absolute atomic E-state index is 0.601. The Bertz CT molecular complexity index is 548. The van der Waals surface area contributed by atoms with E-state index in [1.165, 1.54) is 10.7 Å². The largest absolute Gasteiger partial charge is 0.311 e. The van der Waals surface area contributed by atoms with Gasteiger partial charge in [-0.05, 0) is 31.0 Å². The summed E-state index contributed by atoms with van der Waals surface area (Å²) in [5.74, 6) is 0.667. The first kappa shape index (κ1) is 15.4. The summed E-state index contributed by atoms with van der Waals surface area (Å²) in [6, 6.07) is 6.19. The van der Waals surface area contributed by atoms with Gasteiger partial charge in [-0.3, -0.25) is 0 Å². The number of hydrogen-bond donors (Lipinski definition) is 1. The first-order valence-corrected chi connectivity index (χ1v) is 8.33. The van der Waals surface area contributed by atoms with Crippen LogP contribution in [0.5, 0.6) is 0 Å². The molecule has 0 saturated carbocycles. The van der Waals surface area contributed by atoms with E-state index in [-0.39, 0.29) is 0 Å². The van der Waals surface area contributed by atoms with E-state index in [4.69, 9.17) is 4.98 Å². The minimum Gasteiger partial charge on any atom is -0.311 e. The second-order valence-electron chi connectivity index (χ2n) is 5.65. The molecule has 0 aliphatic heterocycles. The van der Waals surface area contributed by atoms with Crippen molar-refractivity contribution in [3.63, 3.8) is 0 Å². The fourth-order valence-electron chi connectivity index (χ4n) is 2.03. The van der Waals surface area contributed by atoms with Crippen molar-refractivity contribution in [2.45, 2.75) is 50.9 Å². The molecular weight excluding hydrogens is 266 g/mol. The molecule has 3 nitrogen and oxygen atoms in total. The predicted octanol–water partition coefficient (Wildman–Crippen LogP) is 3.97. The molecule has 0 aliphatic rings. The van der Waals surface area contributed by atoms with Gasteiger partial charge in [-0.1, -0.05) is 33.8 Å². The number of rotatable bonds is 7. The second-order valence-corrected chi connectivity index (χ2v) is 7.08. The smallest absolute Gasteiger partial charge is 0.138 e. The first-order chi connectivity index (χ1) is 9.61. The van der Waals surface area contributed by atoms with Crippen LogP contribution in [0.3, 0.4) is 0 Å². The van der Waals surface area contributed by atoms with Gasteiger partial charge in [0.1, 0.15) is 10.7 Å². The van der Waals surface area contributed by atoms with Crippen LogP contribution in [0.15, 0.2) is 29.4 Å². The summed E-state index contributed by atoms with van der Waals surface area (Å²) in [6.45, 7) is 10.9. The summed E-state index contributed by atoms with van der Waals surface area (Å²) in [7, 11) is 0. The van der Waals surface area contributed by atoms with Crippen molar-refractivity contribution < 1.29 is 0 Å². The van der Waals surface area contributed by atoms with Crippen LogP contribution in [0.4, 0.5) is 0 Å². The molecule has 0 amide bonds. The fraction of sp³-hybridized carbons (Fsp3) is 0.562. The van der Waals surface area contributed by atoms with Crippen LogP contribution < -0.4 is 5.32 Å². The molecular formula is C16H25N3S. The molecule has 0 radical (unpaired) electrons. The zero-order chi connectivity index (χ0) is 14.5. The molecule has 4 heteroatoms. The van der Waals surface area contributed by atoms with Crippen LogP contribution in [-0.2, 0) is 6.54 Å². The highest BCUT2D eigenvalue weighted by atomic mass is 32.2. The number of aromatic nitrogens is 2. The lowest BCUT2D eigenvalue weighted by Crippen LogP contribution is -2.20. The van der Waals surface area contributed by atoms with Gasteiger partial charge in [0.15, 0.2) is 0 Å². The molecule has 0 saturated heterocycles. The number of hydrogen-bond acceptors (Lipinski definition) is 3. The van der Waals surface area contributed by atoms with Gasteiger partial charge in [-0.25, -0.2) is 4.98 Å². The molecule has 110 valence electrons. The standard InChI is InChI=1S/C16H25N3S/c1-5-13(4)20-16-14(11-17-10-12(2)3)19-9-7-6-8-15(19)18-16/h6-9,12-13,17H,5,10-11H2,1-4H3. The van der Waals surface area contributed by atoms with Crippen molar-refractivity contribution >= 4 is 17.4 Å². The Morgan fingerprint density at radius 3 is 2.80 bits per heavy atom. The van der Waals surface area contributed by atoms with Crippen LogP contribution in [0.2, 0.25) is 0 Å². The third-order valence-corrected chi connectivity index (χ3v) is 4.61. The van der Waals surface area contributed by atoms with Crippen LogP contribution in [-0.4, -0.2) is 21.2 Å². The quantitative estimate of drug-likeness (QED) is 0.783. The molecule has 20 heavy (non-hydrogen) atoms. The Morgan fingerprint density at radius 2 is 2.10 bits per heavy atom. The number of imidazole rings is 1. The molecule has 2 heterocycles. The van der Waals surface area contributed by atoms with E-state index in [1.807, 2.05) is 17.8 Å². The summed E-state index contributed by atoms with van der Waals surface area (Å²) in [4.78, 5) is 4.78. The van der Waals surface area contributed by atoms with E-state index in [0.717, 1.165) is 25.2 Å². The van der Waals surface area contributed by atoms with Crippen LogP contribution in [0.25, 0.3) is 5.65 Å². The monoisotopic (exact) mass is 291 g/mol. The zero-order valence-electron chi connectivity index (χ0n) is 12.9. The average molecular weight is 291 g/mol. The van der Waals surface area contributed by atoms with Crippen molar-refractivity contribution in [3.05, 3.63) is 30.1 Å². The lowest BCUT2D eigenvalue weighted by Gasteiger charge is -2.11. The number of nitrogens with one attached hydrogen (secondary N) is 1. The molecule has 0 aliphatic carbocycles. The van der Waals surface area contributed by atoms with Crippen molar-refractivity contribution in [2.75, 3.05) is 6.54 Å². The van der Waals surface area contributed by atoms with Gasteiger partial charge in [0.2, 0.25) is 0 Å². The van der Waals surface area contributed by atoms with Crippen molar-refractivity contribution in [1.82, 2.24) is 14.7 Å². The molecule has 1 N–H and O–H groups in total. The average Bonchev–Trinajstić information content (AvgIpc) is 2.76. The maximum Gasteiger partial charge on any atom is 0.138 e. The number of fused-ring (bicyclic) bond motifs is 1. The summed E-state index contributed by atoms with van der Waals surface area (Å²) < 4.78 is 2.21. The van der Waals surface area contributed by atoms with Gasteiger partial charge in [0.25, 0.3) is 0 Å². The van der Waals surface area contributed by atoms with Crippen LogP contribution in [0, 0.1) is 5.92 Å². The minimum atomic E-state index is 0.601. The maximum absolute atomic E-state index is 4.78. The second kappa shape index (κ2) is 7.14. The molecule has 2 rings (SSSR count). The third kappa shape index (κ3) is 3.76. The molecule has 1 unspecified atom stereocenters. The van der Waals surface area contributed by atoms with E-state index in [0.29, 0.717) is 11.2 Å². The Hall–Kier alpha value is -1.00. The predicted molar refractivity (Wildman–Crippen MR) is 87.3 cm³/mol. The Kier molecular flexibility index (Phi) is 5.49. The molecule has 1 atom stereocenters. The van der Waals surface area contributed by atoms with Gasteiger partial charge in [0.05, 0.1) is 5.69 Å². The third-order valence-electron chi connectivity index (χ3n) is 3.32. The normalized spacial score (nSPS) is 13.2. The van der Waals surface area contributed by atoms with Crippen LogP contribution in [0.1, 0.15) is 39.8 Å². The number of thioether (sulfide) groups is 1. The number of nitrogens with zero attached hydrogens (tertiary/aromatic N) is 2. The highest BCUT2D eigenvalue weighted by Gasteiger charge is 2.14. The van der Waals surface area contributed by atoms with E-state index in [2.05, 4.69) is 55.7 Å². The lowest BCUT2D eigenvalue weighted by molar-refractivity contribution is 0.544. The summed E-state index contributed by atoms with van der Waals surface area (Å²) in [5, 5.41) is 5.31. The van der Waals surface area contributed by atoms with E-state index in [9.17, 15) is 0 Å². The fourth-order valence-corrected chi connectivity index (χ4v) is 3.03. The highest BCUT2D eigenvalue weighted by molar-refractivity contribution is 7.99. The summed E-state index contributed by atoms with van der Waals surface area (Å²) in [5.41, 5.74) is 2.33.